The van der Waals surface area contributed by atoms with E-state index in [9.17, 15) is 35.6 Å². The molecular formula is C14H14F4N2O4S. The second kappa shape index (κ2) is 7.38. The molecule has 0 bridgehead atoms. The fourth-order valence-corrected chi connectivity index (χ4v) is 3.03. The molecule has 1 heterocycles. The van der Waals surface area contributed by atoms with Crippen LogP contribution in [0.15, 0.2) is 18.2 Å². The zero-order chi connectivity index (χ0) is 18.8. The minimum Gasteiger partial charge on any atom is -0.335 e. The Morgan fingerprint density at radius 1 is 1.32 bits per heavy atom. The molecule has 1 N–H and O–H groups in total. The lowest BCUT2D eigenvalue weighted by molar-refractivity contribution is -0.130. The van der Waals surface area contributed by atoms with Crippen molar-refractivity contribution < 1.29 is 35.6 Å². The molecule has 1 unspecified atom stereocenters. The number of hydrogen-bond donors (Lipinski definition) is 1. The van der Waals surface area contributed by atoms with Gasteiger partial charge in [0.25, 0.3) is 10.0 Å². The number of carbonyl (C=O) groups is 2. The summed E-state index contributed by atoms with van der Waals surface area (Å²) in [5.74, 6) is -7.63. The van der Waals surface area contributed by atoms with E-state index in [4.69, 9.17) is 0 Å². The number of likely N-dealkylation sites (tertiary alicyclic amines) is 1. The van der Waals surface area contributed by atoms with Gasteiger partial charge in [0.1, 0.15) is 0 Å². The van der Waals surface area contributed by atoms with Crippen LogP contribution in [0.4, 0.5) is 17.6 Å². The Morgan fingerprint density at radius 3 is 2.64 bits per heavy atom. The summed E-state index contributed by atoms with van der Waals surface area (Å²) in [6, 6.07) is 2.63. The maximum atomic E-state index is 13.7. The molecule has 1 aromatic rings. The number of alkyl halides is 2. The fraction of sp³-hybridized carbons (Fsp3) is 0.429. The molecule has 1 aromatic carbocycles. The first-order valence-corrected chi connectivity index (χ1v) is 8.71. The maximum absolute atomic E-state index is 13.7. The van der Waals surface area contributed by atoms with Crippen molar-refractivity contribution in [2.45, 2.75) is 37.6 Å². The number of rotatable bonds is 6. The van der Waals surface area contributed by atoms with Gasteiger partial charge in [0, 0.05) is 31.0 Å². The Bertz CT molecular complexity index is 785. The van der Waals surface area contributed by atoms with E-state index in [1.165, 1.54) is 16.9 Å². The lowest BCUT2D eigenvalue weighted by Crippen LogP contribution is -2.40. The van der Waals surface area contributed by atoms with Crippen molar-refractivity contribution in [2.75, 3.05) is 0 Å². The first-order chi connectivity index (χ1) is 11.6. The molecule has 11 heteroatoms. The quantitative estimate of drug-likeness (QED) is 0.756. The van der Waals surface area contributed by atoms with Gasteiger partial charge in [-0.25, -0.2) is 21.9 Å². The van der Waals surface area contributed by atoms with Gasteiger partial charge in [0.15, 0.2) is 11.6 Å². The minimum absolute atomic E-state index is 0.0243. The Morgan fingerprint density at radius 2 is 2.00 bits per heavy atom. The SMILES string of the molecule is O=C(CC1CCC(=O)N1Cc1cccc(F)c1F)NS(=O)(=O)C(F)F. The number of hydrogen-bond acceptors (Lipinski definition) is 4. The van der Waals surface area contributed by atoms with Crippen LogP contribution in [0.5, 0.6) is 0 Å². The van der Waals surface area contributed by atoms with E-state index in [0.29, 0.717) is 0 Å². The predicted octanol–water partition coefficient (Wildman–Crippen LogP) is 1.51. The smallest absolute Gasteiger partial charge is 0.335 e. The Labute approximate surface area is 140 Å². The van der Waals surface area contributed by atoms with Crippen molar-refractivity contribution >= 4 is 21.8 Å². The highest BCUT2D eigenvalue weighted by Crippen LogP contribution is 2.25. The highest BCUT2D eigenvalue weighted by atomic mass is 32.2. The van der Waals surface area contributed by atoms with Gasteiger partial charge in [-0.1, -0.05) is 12.1 Å². The van der Waals surface area contributed by atoms with Crippen LogP contribution in [0.2, 0.25) is 0 Å². The summed E-state index contributed by atoms with van der Waals surface area (Å²) >= 11 is 0. The number of carbonyl (C=O) groups excluding carboxylic acids is 2. The van der Waals surface area contributed by atoms with E-state index in [1.807, 2.05) is 0 Å². The lowest BCUT2D eigenvalue weighted by Gasteiger charge is -2.24. The number of benzene rings is 1. The molecular weight excluding hydrogens is 368 g/mol. The molecule has 0 radical (unpaired) electrons. The molecule has 1 saturated heterocycles. The zero-order valence-electron chi connectivity index (χ0n) is 12.7. The Hall–Kier alpha value is -2.17. The maximum Gasteiger partial charge on any atom is 0.355 e. The second-order valence-electron chi connectivity index (χ2n) is 5.46. The summed E-state index contributed by atoms with van der Waals surface area (Å²) in [6.07, 6.45) is -0.358. The molecule has 2 amide bonds. The van der Waals surface area contributed by atoms with Gasteiger partial charge in [-0.15, -0.1) is 0 Å². The van der Waals surface area contributed by atoms with E-state index in [-0.39, 0.29) is 24.9 Å². The number of nitrogens with zero attached hydrogens (tertiary/aromatic N) is 1. The molecule has 25 heavy (non-hydrogen) atoms. The summed E-state index contributed by atoms with van der Waals surface area (Å²) in [7, 11) is -5.09. The summed E-state index contributed by atoms with van der Waals surface area (Å²) in [6.45, 7) is -0.317. The van der Waals surface area contributed by atoms with Crippen LogP contribution in [0.25, 0.3) is 0 Å². The average Bonchev–Trinajstić information content (AvgIpc) is 2.84. The van der Waals surface area contributed by atoms with E-state index < -0.39 is 51.7 Å². The molecule has 0 saturated carbocycles. The molecule has 0 spiro atoms. The van der Waals surface area contributed by atoms with Crippen LogP contribution >= 0.6 is 0 Å². The first kappa shape index (κ1) is 19.2. The van der Waals surface area contributed by atoms with Crippen LogP contribution in [0, 0.1) is 11.6 Å². The van der Waals surface area contributed by atoms with Gasteiger partial charge in [0.05, 0.1) is 0 Å². The first-order valence-electron chi connectivity index (χ1n) is 7.17. The topological polar surface area (TPSA) is 83.6 Å². The van der Waals surface area contributed by atoms with Crippen molar-refractivity contribution in [1.29, 1.82) is 0 Å². The van der Waals surface area contributed by atoms with Crippen LogP contribution < -0.4 is 4.72 Å². The average molecular weight is 382 g/mol. The van der Waals surface area contributed by atoms with Crippen LogP contribution in [-0.2, 0) is 26.2 Å². The third-order valence-corrected chi connectivity index (χ3v) is 4.72. The molecule has 138 valence electrons. The fourth-order valence-electron chi connectivity index (χ4n) is 2.54. The highest BCUT2D eigenvalue weighted by molar-refractivity contribution is 7.90. The van der Waals surface area contributed by atoms with Gasteiger partial charge in [0.2, 0.25) is 11.8 Å². The minimum atomic E-state index is -5.09. The van der Waals surface area contributed by atoms with Crippen molar-refractivity contribution in [2.24, 2.45) is 0 Å². The van der Waals surface area contributed by atoms with Gasteiger partial charge >= 0.3 is 5.76 Å². The van der Waals surface area contributed by atoms with E-state index in [0.717, 1.165) is 11.0 Å². The summed E-state index contributed by atoms with van der Waals surface area (Å²) in [5.41, 5.74) is -0.110. The molecule has 1 fully saturated rings. The standard InChI is InChI=1S/C14H14F4N2O4S/c15-10-3-1-2-8(13(10)16)7-20-9(4-5-12(20)22)6-11(21)19-25(23,24)14(17)18/h1-3,9,14H,4-7H2,(H,19,21). The molecule has 1 aliphatic heterocycles. The van der Waals surface area contributed by atoms with Crippen molar-refractivity contribution in [3.8, 4) is 0 Å². The third-order valence-electron chi connectivity index (χ3n) is 3.74. The van der Waals surface area contributed by atoms with Gasteiger partial charge in [-0.3, -0.25) is 9.59 Å². The Kier molecular flexibility index (Phi) is 5.65. The summed E-state index contributed by atoms with van der Waals surface area (Å²) in [5, 5.41) is 0. The number of amides is 2. The van der Waals surface area contributed by atoms with Gasteiger partial charge in [-0.2, -0.15) is 8.78 Å². The predicted molar refractivity (Wildman–Crippen MR) is 77.6 cm³/mol. The zero-order valence-corrected chi connectivity index (χ0v) is 13.5. The molecule has 2 rings (SSSR count). The van der Waals surface area contributed by atoms with Crippen LogP contribution in [0.1, 0.15) is 24.8 Å². The molecule has 0 aliphatic carbocycles. The lowest BCUT2D eigenvalue weighted by atomic mass is 10.1. The number of nitrogens with one attached hydrogen (secondary N) is 1. The number of halogens is 4. The monoisotopic (exact) mass is 382 g/mol. The molecule has 0 aromatic heterocycles. The molecule has 1 aliphatic rings. The van der Waals surface area contributed by atoms with Crippen molar-refractivity contribution in [3.05, 3.63) is 35.4 Å². The number of sulfonamides is 1. The summed E-state index contributed by atoms with van der Waals surface area (Å²) < 4.78 is 74.6. The van der Waals surface area contributed by atoms with Gasteiger partial charge < -0.3 is 4.90 Å². The van der Waals surface area contributed by atoms with E-state index >= 15 is 0 Å². The van der Waals surface area contributed by atoms with E-state index in [2.05, 4.69) is 0 Å². The molecule has 1 atom stereocenters. The second-order valence-corrected chi connectivity index (χ2v) is 7.11. The third kappa shape index (κ3) is 4.47. The van der Waals surface area contributed by atoms with Crippen LogP contribution in [0.3, 0.4) is 0 Å². The van der Waals surface area contributed by atoms with Crippen LogP contribution in [-0.4, -0.2) is 36.9 Å². The highest BCUT2D eigenvalue weighted by Gasteiger charge is 2.35. The van der Waals surface area contributed by atoms with Crippen molar-refractivity contribution in [3.63, 3.8) is 0 Å². The Balaban J connectivity index is 2.09. The van der Waals surface area contributed by atoms with Crippen molar-refractivity contribution in [1.82, 2.24) is 9.62 Å². The summed E-state index contributed by atoms with van der Waals surface area (Å²) in [4.78, 5) is 24.7. The van der Waals surface area contributed by atoms with E-state index in [1.54, 1.807) is 0 Å². The largest absolute Gasteiger partial charge is 0.355 e. The van der Waals surface area contributed by atoms with Gasteiger partial charge in [-0.05, 0) is 12.5 Å². The normalized spacial score (nSPS) is 18.0. The molecule has 6 nitrogen and oxygen atoms in total.